The number of oxime groups is 1. The van der Waals surface area contributed by atoms with Crippen molar-refractivity contribution in [1.82, 2.24) is 5.32 Å². The Bertz CT molecular complexity index is 587. The van der Waals surface area contributed by atoms with Crippen molar-refractivity contribution >= 4 is 12.6 Å². The van der Waals surface area contributed by atoms with Crippen molar-refractivity contribution in [3.8, 4) is 0 Å². The summed E-state index contributed by atoms with van der Waals surface area (Å²) in [6.07, 6.45) is 10.5. The van der Waals surface area contributed by atoms with E-state index in [1.165, 1.54) is 0 Å². The lowest BCUT2D eigenvalue weighted by Gasteiger charge is -2.26. The standard InChI is InChI=1S/C18H24FN3O/c1-4-5-13(2)16(20-3)10-11-18-21-17(12-23-22-18)14-6-8-15(19)9-7-14/h5-8,10,15,17H,3-4,9,11-12H2,1-2H3,(H,21,22)/b13-5-,16-10+. The van der Waals surface area contributed by atoms with Gasteiger partial charge in [-0.2, -0.15) is 0 Å². The number of alkyl halides is 1. The summed E-state index contributed by atoms with van der Waals surface area (Å²) in [5, 5.41) is 7.40. The van der Waals surface area contributed by atoms with Crippen molar-refractivity contribution in [1.29, 1.82) is 0 Å². The van der Waals surface area contributed by atoms with Gasteiger partial charge in [-0.15, -0.1) is 0 Å². The van der Waals surface area contributed by atoms with Gasteiger partial charge >= 0.3 is 0 Å². The molecule has 4 nitrogen and oxygen atoms in total. The van der Waals surface area contributed by atoms with E-state index in [4.69, 9.17) is 4.84 Å². The molecule has 0 spiro atoms. The third kappa shape index (κ3) is 4.91. The molecule has 2 rings (SSSR count). The topological polar surface area (TPSA) is 46.0 Å². The summed E-state index contributed by atoms with van der Waals surface area (Å²) in [6, 6.07) is 0.00655. The number of rotatable bonds is 6. The van der Waals surface area contributed by atoms with Gasteiger partial charge in [0.05, 0.1) is 11.7 Å². The molecule has 0 aromatic heterocycles. The summed E-state index contributed by atoms with van der Waals surface area (Å²) in [6.45, 7) is 8.17. The molecular weight excluding hydrogens is 293 g/mol. The highest BCUT2D eigenvalue weighted by atomic mass is 19.1. The molecule has 0 radical (unpaired) electrons. The first-order valence-corrected chi connectivity index (χ1v) is 7.95. The van der Waals surface area contributed by atoms with Crippen LogP contribution in [0, 0.1) is 0 Å². The SMILES string of the molecule is C=NC(=C/CC1=NOCC(C2=CCC(F)C=C2)N1)/C(C)=C\CC. The van der Waals surface area contributed by atoms with E-state index in [0.29, 0.717) is 19.4 Å². The van der Waals surface area contributed by atoms with Gasteiger partial charge in [0.25, 0.3) is 0 Å². The summed E-state index contributed by atoms with van der Waals surface area (Å²) in [4.78, 5) is 9.38. The molecule has 2 unspecified atom stereocenters. The molecular formula is C18H24FN3O. The first-order valence-electron chi connectivity index (χ1n) is 7.95. The molecule has 0 saturated carbocycles. The molecule has 0 aromatic rings. The number of nitrogens with zero attached hydrogens (tertiary/aromatic N) is 2. The van der Waals surface area contributed by atoms with Crippen molar-refractivity contribution in [2.24, 2.45) is 10.1 Å². The van der Waals surface area contributed by atoms with Gasteiger partial charge in [-0.3, -0.25) is 4.99 Å². The average Bonchev–Trinajstić information content (AvgIpc) is 2.56. The Morgan fingerprint density at radius 3 is 3.04 bits per heavy atom. The Balaban J connectivity index is 1.99. The van der Waals surface area contributed by atoms with Crippen molar-refractivity contribution < 1.29 is 9.23 Å². The zero-order chi connectivity index (χ0) is 16.7. The Morgan fingerprint density at radius 2 is 2.39 bits per heavy atom. The van der Waals surface area contributed by atoms with E-state index in [-0.39, 0.29) is 6.04 Å². The van der Waals surface area contributed by atoms with Crippen LogP contribution in [0.1, 0.15) is 33.1 Å². The molecule has 0 aromatic carbocycles. The second kappa shape index (κ2) is 8.46. The van der Waals surface area contributed by atoms with Crippen LogP contribution in [0.3, 0.4) is 0 Å². The summed E-state index contributed by atoms with van der Waals surface area (Å²) in [5.74, 6) is 0.739. The van der Waals surface area contributed by atoms with E-state index in [2.05, 4.69) is 35.2 Å². The van der Waals surface area contributed by atoms with Crippen LogP contribution in [-0.2, 0) is 4.84 Å². The molecule has 1 heterocycles. The lowest BCUT2D eigenvalue weighted by Crippen LogP contribution is -2.42. The molecule has 1 N–H and O–H groups in total. The van der Waals surface area contributed by atoms with Crippen LogP contribution in [0.5, 0.6) is 0 Å². The number of allylic oxidation sites excluding steroid dienone is 4. The second-order valence-corrected chi connectivity index (χ2v) is 5.59. The van der Waals surface area contributed by atoms with Gasteiger partial charge in [-0.1, -0.05) is 42.5 Å². The van der Waals surface area contributed by atoms with Crippen LogP contribution in [0.15, 0.2) is 57.4 Å². The van der Waals surface area contributed by atoms with Crippen LogP contribution in [0.4, 0.5) is 4.39 Å². The van der Waals surface area contributed by atoms with Crippen LogP contribution >= 0.6 is 0 Å². The maximum absolute atomic E-state index is 13.2. The lowest BCUT2D eigenvalue weighted by atomic mass is 9.99. The zero-order valence-electron chi connectivity index (χ0n) is 13.8. The summed E-state index contributed by atoms with van der Waals surface area (Å²) in [5.41, 5.74) is 3.00. The van der Waals surface area contributed by atoms with Crippen LogP contribution in [-0.4, -0.2) is 31.4 Å². The minimum absolute atomic E-state index is 0.00655. The molecule has 0 fully saturated rings. The van der Waals surface area contributed by atoms with Gasteiger partial charge in [0.15, 0.2) is 0 Å². The largest absolute Gasteiger partial charge is 0.392 e. The Hall–Kier alpha value is -2.17. The number of hydrogen-bond donors (Lipinski definition) is 1. The number of halogens is 1. The first kappa shape index (κ1) is 17.2. The van der Waals surface area contributed by atoms with E-state index in [1.54, 1.807) is 6.08 Å². The van der Waals surface area contributed by atoms with Gasteiger partial charge in [0.2, 0.25) is 0 Å². The fourth-order valence-corrected chi connectivity index (χ4v) is 2.56. The van der Waals surface area contributed by atoms with E-state index in [9.17, 15) is 4.39 Å². The first-order chi connectivity index (χ1) is 11.1. The zero-order valence-corrected chi connectivity index (χ0v) is 13.8. The Labute approximate surface area is 137 Å². The van der Waals surface area contributed by atoms with E-state index in [1.807, 2.05) is 25.2 Å². The number of nitrogens with one attached hydrogen (secondary N) is 1. The van der Waals surface area contributed by atoms with Crippen molar-refractivity contribution in [2.45, 2.75) is 45.3 Å². The van der Waals surface area contributed by atoms with Crippen molar-refractivity contribution in [2.75, 3.05) is 6.61 Å². The number of hydrogen-bond acceptors (Lipinski definition) is 4. The maximum Gasteiger partial charge on any atom is 0.146 e. The van der Waals surface area contributed by atoms with Crippen molar-refractivity contribution in [3.05, 3.63) is 47.2 Å². The van der Waals surface area contributed by atoms with Gasteiger partial charge < -0.3 is 10.2 Å². The van der Waals surface area contributed by atoms with Gasteiger partial charge in [-0.05, 0) is 31.2 Å². The summed E-state index contributed by atoms with van der Waals surface area (Å²) in [7, 11) is 0. The molecule has 0 bridgehead atoms. The van der Waals surface area contributed by atoms with E-state index < -0.39 is 6.17 Å². The molecule has 1 aliphatic heterocycles. The van der Waals surface area contributed by atoms with Gasteiger partial charge in [0.1, 0.15) is 18.6 Å². The number of aliphatic imine (C=N–C) groups is 1. The quantitative estimate of drug-likeness (QED) is 0.597. The smallest absolute Gasteiger partial charge is 0.146 e. The van der Waals surface area contributed by atoms with Crippen LogP contribution < -0.4 is 5.32 Å². The highest BCUT2D eigenvalue weighted by molar-refractivity contribution is 5.84. The fourth-order valence-electron chi connectivity index (χ4n) is 2.56. The highest BCUT2D eigenvalue weighted by Crippen LogP contribution is 2.19. The molecule has 124 valence electrons. The van der Waals surface area contributed by atoms with Crippen LogP contribution in [0.25, 0.3) is 0 Å². The lowest BCUT2D eigenvalue weighted by molar-refractivity contribution is 0.117. The average molecular weight is 317 g/mol. The fraction of sp³-hybridized carbons (Fsp3) is 0.444. The molecule has 0 saturated heterocycles. The summed E-state index contributed by atoms with van der Waals surface area (Å²) < 4.78 is 13.2. The van der Waals surface area contributed by atoms with Gasteiger partial charge in [0, 0.05) is 12.8 Å². The second-order valence-electron chi connectivity index (χ2n) is 5.59. The highest BCUT2D eigenvalue weighted by Gasteiger charge is 2.21. The maximum atomic E-state index is 13.2. The Morgan fingerprint density at radius 1 is 1.57 bits per heavy atom. The predicted octanol–water partition coefficient (Wildman–Crippen LogP) is 3.84. The van der Waals surface area contributed by atoms with Crippen molar-refractivity contribution in [3.63, 3.8) is 0 Å². The predicted molar refractivity (Wildman–Crippen MR) is 93.3 cm³/mol. The van der Waals surface area contributed by atoms with E-state index >= 15 is 0 Å². The molecule has 2 aliphatic rings. The number of amidine groups is 1. The third-order valence-electron chi connectivity index (χ3n) is 3.81. The molecule has 1 aliphatic carbocycles. The van der Waals surface area contributed by atoms with Gasteiger partial charge in [-0.25, -0.2) is 4.39 Å². The third-order valence-corrected chi connectivity index (χ3v) is 3.81. The monoisotopic (exact) mass is 317 g/mol. The summed E-state index contributed by atoms with van der Waals surface area (Å²) >= 11 is 0. The normalized spacial score (nSPS) is 25.2. The molecule has 5 heteroatoms. The molecule has 0 amide bonds. The minimum Gasteiger partial charge on any atom is -0.392 e. The Kier molecular flexibility index (Phi) is 6.32. The van der Waals surface area contributed by atoms with E-state index in [0.717, 1.165) is 29.1 Å². The van der Waals surface area contributed by atoms with Crippen LogP contribution in [0.2, 0.25) is 0 Å². The minimum atomic E-state index is -0.881. The molecule has 23 heavy (non-hydrogen) atoms. The molecule has 2 atom stereocenters.